The predicted octanol–water partition coefficient (Wildman–Crippen LogP) is 1.66. The molecule has 0 saturated carbocycles. The van der Waals surface area contributed by atoms with E-state index in [-0.39, 0.29) is 41.5 Å². The quantitative estimate of drug-likeness (QED) is 0.0832. The van der Waals surface area contributed by atoms with Gasteiger partial charge in [-0.2, -0.15) is 9.97 Å². The number of carbonyl (C=O) groups excluding carboxylic acids is 5. The predicted molar refractivity (Wildman–Crippen MR) is 185 cm³/mol. The van der Waals surface area contributed by atoms with Crippen LogP contribution in [0.25, 0.3) is 11.2 Å². The zero-order valence-corrected chi connectivity index (χ0v) is 30.1. The van der Waals surface area contributed by atoms with Crippen molar-refractivity contribution in [1.82, 2.24) is 24.8 Å². The molecule has 53 heavy (non-hydrogen) atoms. The van der Waals surface area contributed by atoms with Crippen LogP contribution in [-0.2, 0) is 59.7 Å². The van der Waals surface area contributed by atoms with Crippen LogP contribution in [0.5, 0.6) is 0 Å². The number of nitrogen functional groups attached to an aromatic ring is 1. The van der Waals surface area contributed by atoms with E-state index >= 15 is 0 Å². The number of carbonyl (C=O) groups is 5. The van der Waals surface area contributed by atoms with E-state index in [0.29, 0.717) is 24.3 Å². The topological polar surface area (TPSA) is 226 Å². The van der Waals surface area contributed by atoms with Crippen molar-refractivity contribution >= 4 is 64.2 Å². The van der Waals surface area contributed by atoms with Crippen molar-refractivity contribution in [2.75, 3.05) is 50.2 Å². The summed E-state index contributed by atoms with van der Waals surface area (Å²) in [6, 6.07) is 6.32. The standard InChI is InChI=1S/C34H38ClN7O11/c1-6-33(52-20(4)43)24(50-18-34(33,53-21(5)44)42-19-38-25-26(36)39-30(35)40-27(25)42)17-51-32(28(45)48-7-2,29(46)49-8-3)16-22-10-12-23(13-11-22)41-15-9-14-37-31(41)47/h1,10-13,19,24H,7-9,14-18H2,2-5H3,(H,37,47)(H2,36,39,40)/t24-,33-,34+/m1/s1. The van der Waals surface area contributed by atoms with Gasteiger partial charge in [-0.05, 0) is 55.5 Å². The third kappa shape index (κ3) is 7.14. The summed E-state index contributed by atoms with van der Waals surface area (Å²) in [5.41, 5.74) is -0.00635. The van der Waals surface area contributed by atoms with Crippen LogP contribution in [0, 0.1) is 12.3 Å². The molecular weight excluding hydrogens is 718 g/mol. The number of urea groups is 1. The first-order chi connectivity index (χ1) is 25.3. The molecule has 2 amide bonds. The van der Waals surface area contributed by atoms with Gasteiger partial charge in [-0.3, -0.25) is 19.1 Å². The van der Waals surface area contributed by atoms with Crippen LogP contribution in [0.4, 0.5) is 16.3 Å². The van der Waals surface area contributed by atoms with E-state index in [4.69, 9.17) is 52.2 Å². The number of anilines is 2. The molecule has 282 valence electrons. The Bertz CT molecular complexity index is 1930. The van der Waals surface area contributed by atoms with Gasteiger partial charge >= 0.3 is 29.9 Å². The number of nitrogens with one attached hydrogen (secondary N) is 1. The van der Waals surface area contributed by atoms with E-state index < -0.39 is 66.5 Å². The molecule has 3 aromatic rings. The minimum Gasteiger partial charge on any atom is -0.463 e. The zero-order valence-electron chi connectivity index (χ0n) is 29.4. The number of nitrogens with zero attached hydrogens (tertiary/aromatic N) is 5. The smallest absolute Gasteiger partial charge is 0.350 e. The average Bonchev–Trinajstić information content (AvgIpc) is 3.66. The minimum absolute atomic E-state index is 0.0462. The zero-order chi connectivity index (χ0) is 38.6. The number of benzene rings is 1. The van der Waals surface area contributed by atoms with E-state index in [1.165, 1.54) is 10.9 Å². The molecule has 2 saturated heterocycles. The van der Waals surface area contributed by atoms with Gasteiger partial charge in [0, 0.05) is 39.0 Å². The highest BCUT2D eigenvalue weighted by Crippen LogP contribution is 2.47. The third-order valence-corrected chi connectivity index (χ3v) is 8.77. The molecule has 2 aromatic heterocycles. The number of nitrogens with two attached hydrogens (primary N) is 1. The summed E-state index contributed by atoms with van der Waals surface area (Å²) in [4.78, 5) is 79.5. The number of aromatic nitrogens is 4. The van der Waals surface area contributed by atoms with Gasteiger partial charge in [0.1, 0.15) is 24.6 Å². The summed E-state index contributed by atoms with van der Waals surface area (Å²) in [5.74, 6) is -1.68. The minimum atomic E-state index is -2.46. The molecule has 0 spiro atoms. The fourth-order valence-corrected chi connectivity index (χ4v) is 6.50. The lowest BCUT2D eigenvalue weighted by Crippen LogP contribution is -2.63. The van der Waals surface area contributed by atoms with Crippen molar-refractivity contribution in [3.63, 3.8) is 0 Å². The Balaban J connectivity index is 1.59. The van der Waals surface area contributed by atoms with Crippen LogP contribution in [-0.4, -0.2) is 106 Å². The SMILES string of the molecule is C#C[C@@]1(OC(C)=O)[C@@H](COC(Cc2ccc(N3CCCNC3=O)cc2)(C(=O)OCC)C(=O)OCC)OC[C@@]1(OC(C)=O)n1cnc2c(N)nc(Cl)nc21. The maximum atomic E-state index is 13.8. The highest BCUT2D eigenvalue weighted by molar-refractivity contribution is 6.28. The number of hydrogen-bond donors (Lipinski definition) is 2. The van der Waals surface area contributed by atoms with Crippen molar-refractivity contribution in [3.05, 3.63) is 41.4 Å². The molecule has 0 aliphatic carbocycles. The van der Waals surface area contributed by atoms with Gasteiger partial charge in [-0.15, -0.1) is 6.42 Å². The number of rotatable bonds is 13. The van der Waals surface area contributed by atoms with E-state index in [1.54, 1.807) is 43.0 Å². The van der Waals surface area contributed by atoms with Crippen molar-refractivity contribution < 1.29 is 52.4 Å². The first-order valence-corrected chi connectivity index (χ1v) is 16.9. The summed E-state index contributed by atoms with van der Waals surface area (Å²) in [7, 11) is 0. The summed E-state index contributed by atoms with van der Waals surface area (Å²) in [6.07, 6.45) is 6.13. The fourth-order valence-electron chi connectivity index (χ4n) is 6.33. The molecule has 1 aromatic carbocycles. The summed E-state index contributed by atoms with van der Waals surface area (Å²) < 4.78 is 35.9. The number of terminal acetylenes is 1. The lowest BCUT2D eigenvalue weighted by atomic mass is 9.87. The maximum absolute atomic E-state index is 13.8. The molecule has 19 heteroatoms. The molecule has 5 rings (SSSR count). The monoisotopic (exact) mass is 755 g/mol. The van der Waals surface area contributed by atoms with Gasteiger partial charge < -0.3 is 39.5 Å². The average molecular weight is 756 g/mol. The Morgan fingerprint density at radius 3 is 2.34 bits per heavy atom. The second-order valence-electron chi connectivity index (χ2n) is 12.0. The number of imidazole rings is 1. The number of halogens is 1. The highest BCUT2D eigenvalue weighted by atomic mass is 35.5. The first kappa shape index (κ1) is 38.7. The van der Waals surface area contributed by atoms with E-state index in [9.17, 15) is 24.0 Å². The van der Waals surface area contributed by atoms with Gasteiger partial charge in [-0.1, -0.05) is 12.1 Å². The first-order valence-electron chi connectivity index (χ1n) is 16.5. The Morgan fingerprint density at radius 2 is 1.75 bits per heavy atom. The number of fused-ring (bicyclic) bond motifs is 1. The van der Waals surface area contributed by atoms with Gasteiger partial charge in [0.15, 0.2) is 11.5 Å². The van der Waals surface area contributed by atoms with Crippen molar-refractivity contribution in [3.8, 4) is 12.3 Å². The number of hydrogen-bond acceptors (Lipinski definition) is 15. The van der Waals surface area contributed by atoms with Gasteiger partial charge in [-0.25, -0.2) is 19.4 Å². The Hall–Kier alpha value is -5.51. The lowest BCUT2D eigenvalue weighted by molar-refractivity contribution is -0.217. The molecule has 0 bridgehead atoms. The Morgan fingerprint density at radius 1 is 1.09 bits per heavy atom. The van der Waals surface area contributed by atoms with Crippen LogP contribution in [0.15, 0.2) is 30.6 Å². The van der Waals surface area contributed by atoms with Crippen LogP contribution >= 0.6 is 11.6 Å². The largest absolute Gasteiger partial charge is 0.463 e. The molecular formula is C34H38ClN7O11. The van der Waals surface area contributed by atoms with Crippen molar-refractivity contribution in [2.45, 2.75) is 63.6 Å². The summed E-state index contributed by atoms with van der Waals surface area (Å²) in [6.45, 7) is 4.73. The molecule has 18 nitrogen and oxygen atoms in total. The molecule has 4 heterocycles. The molecule has 2 fully saturated rings. The van der Waals surface area contributed by atoms with Crippen LogP contribution < -0.4 is 16.0 Å². The van der Waals surface area contributed by atoms with E-state index in [2.05, 4.69) is 26.2 Å². The highest BCUT2D eigenvalue weighted by Gasteiger charge is 2.69. The van der Waals surface area contributed by atoms with Crippen molar-refractivity contribution in [1.29, 1.82) is 0 Å². The molecule has 3 atom stereocenters. The second kappa shape index (κ2) is 15.6. The summed E-state index contributed by atoms with van der Waals surface area (Å²) in [5, 5.41) is 2.50. The van der Waals surface area contributed by atoms with Crippen molar-refractivity contribution in [2.24, 2.45) is 0 Å². The van der Waals surface area contributed by atoms with Gasteiger partial charge in [0.2, 0.25) is 5.28 Å². The Kier molecular flexibility index (Phi) is 11.4. The number of amides is 2. The fraction of sp³-hybridized carbons (Fsp3) is 0.471. The van der Waals surface area contributed by atoms with Gasteiger partial charge in [0.05, 0.1) is 19.8 Å². The Labute approximate surface area is 308 Å². The molecule has 2 aliphatic rings. The van der Waals surface area contributed by atoms with E-state index in [1.807, 2.05) is 0 Å². The van der Waals surface area contributed by atoms with Crippen LogP contribution in [0.1, 0.15) is 39.7 Å². The van der Waals surface area contributed by atoms with Crippen LogP contribution in [0.3, 0.4) is 0 Å². The maximum Gasteiger partial charge on any atom is 0.350 e. The number of esters is 4. The van der Waals surface area contributed by atoms with E-state index in [0.717, 1.165) is 20.3 Å². The third-order valence-electron chi connectivity index (χ3n) is 8.60. The normalized spacial score (nSPS) is 21.4. The molecule has 3 N–H and O–H groups in total. The number of ether oxygens (including phenoxy) is 6. The molecule has 0 unspecified atom stereocenters. The van der Waals surface area contributed by atoms with Gasteiger partial charge in [0.25, 0.3) is 16.9 Å². The molecule has 0 radical (unpaired) electrons. The van der Waals surface area contributed by atoms with Crippen LogP contribution in [0.2, 0.25) is 5.28 Å². The lowest BCUT2D eigenvalue weighted by Gasteiger charge is -2.42. The second-order valence-corrected chi connectivity index (χ2v) is 12.3. The summed E-state index contributed by atoms with van der Waals surface area (Å²) >= 11 is 6.12. The molecule has 2 aliphatic heterocycles.